The van der Waals surface area contributed by atoms with Crippen LogP contribution in [-0.4, -0.2) is 7.85 Å². The Kier molecular flexibility index (Phi) is 4.28. The molecule has 3 rings (SSSR count). The maximum Gasteiger partial charge on any atom is 0.194 e. The fraction of sp³-hybridized carbons (Fsp3) is 0.333. The van der Waals surface area contributed by atoms with Crippen LogP contribution in [0.4, 0.5) is 13.2 Å². The van der Waals surface area contributed by atoms with Crippen LogP contribution >= 0.6 is 0 Å². The van der Waals surface area contributed by atoms with E-state index >= 15 is 0 Å². The van der Waals surface area contributed by atoms with Crippen LogP contribution in [0.25, 0.3) is 11.1 Å². The molecule has 4 heteroatoms. The molecule has 112 valence electrons. The molecule has 0 nitrogen and oxygen atoms in total. The fourth-order valence-electron chi connectivity index (χ4n) is 3.12. The van der Waals surface area contributed by atoms with E-state index in [1.807, 2.05) is 24.3 Å². The van der Waals surface area contributed by atoms with Gasteiger partial charge in [-0.25, -0.2) is 13.2 Å². The van der Waals surface area contributed by atoms with Crippen LogP contribution < -0.4 is 0 Å². The van der Waals surface area contributed by atoms with Crippen molar-refractivity contribution < 1.29 is 13.2 Å². The Balaban J connectivity index is 1.82. The van der Waals surface area contributed by atoms with Crippen molar-refractivity contribution in [3.8, 4) is 11.1 Å². The number of hydrogen-bond donors (Lipinski definition) is 0. The minimum Gasteiger partial charge on any atom is -0.204 e. The second kappa shape index (κ2) is 6.19. The van der Waals surface area contributed by atoms with Gasteiger partial charge in [0.1, 0.15) is 0 Å². The Morgan fingerprint density at radius 3 is 1.86 bits per heavy atom. The molecule has 1 aliphatic rings. The zero-order chi connectivity index (χ0) is 15.7. The van der Waals surface area contributed by atoms with E-state index in [2.05, 4.69) is 0 Å². The van der Waals surface area contributed by atoms with Crippen molar-refractivity contribution in [2.45, 2.75) is 37.4 Å². The topological polar surface area (TPSA) is 0 Å². The molecule has 0 amide bonds. The fourth-order valence-corrected chi connectivity index (χ4v) is 3.12. The third-order valence-corrected chi connectivity index (χ3v) is 4.47. The minimum atomic E-state index is -1.43. The first-order valence-corrected chi connectivity index (χ1v) is 7.55. The Hall–Kier alpha value is -1.71. The molecule has 2 aromatic carbocycles. The van der Waals surface area contributed by atoms with Crippen molar-refractivity contribution in [1.82, 2.24) is 0 Å². The van der Waals surface area contributed by atoms with Gasteiger partial charge in [-0.1, -0.05) is 42.9 Å². The lowest BCUT2D eigenvalue weighted by Crippen LogP contribution is -2.09. The summed E-state index contributed by atoms with van der Waals surface area (Å²) in [6, 6.07) is 9.66. The molecule has 1 fully saturated rings. The molecule has 0 N–H and O–H groups in total. The van der Waals surface area contributed by atoms with Gasteiger partial charge in [0.2, 0.25) is 0 Å². The van der Waals surface area contributed by atoms with E-state index < -0.39 is 17.5 Å². The van der Waals surface area contributed by atoms with E-state index in [-0.39, 0.29) is 0 Å². The monoisotopic (exact) mass is 300 g/mol. The maximum atomic E-state index is 13.3. The Morgan fingerprint density at radius 2 is 1.32 bits per heavy atom. The first-order chi connectivity index (χ1) is 10.5. The standard InChI is InChI=1S/C18H16BF3/c19-15-7-5-12(6-8-15)11-1-3-13(4-2-11)14-9-16(20)18(22)17(21)10-14/h1-4,9-10,12,15H,5-8H2. The lowest BCUT2D eigenvalue weighted by Gasteiger charge is -2.26. The summed E-state index contributed by atoms with van der Waals surface area (Å²) in [5.74, 6) is -2.96. The van der Waals surface area contributed by atoms with Crippen LogP contribution in [-0.2, 0) is 0 Å². The van der Waals surface area contributed by atoms with Crippen LogP contribution in [0, 0.1) is 17.5 Å². The van der Waals surface area contributed by atoms with Crippen molar-refractivity contribution in [3.05, 3.63) is 59.4 Å². The number of benzene rings is 2. The lowest BCUT2D eigenvalue weighted by atomic mass is 9.70. The summed E-state index contributed by atoms with van der Waals surface area (Å²) in [7, 11) is 5.91. The summed E-state index contributed by atoms with van der Waals surface area (Å²) in [6.07, 6.45) is 4.20. The van der Waals surface area contributed by atoms with Crippen molar-refractivity contribution in [2.75, 3.05) is 0 Å². The molecule has 2 radical (unpaired) electrons. The van der Waals surface area contributed by atoms with Gasteiger partial charge in [-0.05, 0) is 47.6 Å². The van der Waals surface area contributed by atoms with Gasteiger partial charge < -0.3 is 0 Å². The molecule has 0 unspecified atom stereocenters. The highest BCUT2D eigenvalue weighted by molar-refractivity contribution is 6.11. The number of hydrogen-bond acceptors (Lipinski definition) is 0. The highest BCUT2D eigenvalue weighted by Crippen LogP contribution is 2.37. The lowest BCUT2D eigenvalue weighted by molar-refractivity contribution is 0.444. The Morgan fingerprint density at radius 1 is 0.773 bits per heavy atom. The molecule has 0 atom stereocenters. The molecule has 0 heterocycles. The SMILES string of the molecule is [B]C1CCC(c2ccc(-c3cc(F)c(F)c(F)c3)cc2)CC1. The summed E-state index contributed by atoms with van der Waals surface area (Å²) in [4.78, 5) is 0. The molecule has 1 saturated carbocycles. The van der Waals surface area contributed by atoms with Crippen molar-refractivity contribution in [2.24, 2.45) is 0 Å². The van der Waals surface area contributed by atoms with E-state index in [1.54, 1.807) is 0 Å². The Bertz CT molecular complexity index is 636. The van der Waals surface area contributed by atoms with Gasteiger partial charge in [0.15, 0.2) is 17.5 Å². The van der Waals surface area contributed by atoms with Gasteiger partial charge in [-0.15, -0.1) is 0 Å². The van der Waals surface area contributed by atoms with Gasteiger partial charge >= 0.3 is 0 Å². The Labute approximate surface area is 129 Å². The molecule has 2 aromatic rings. The smallest absolute Gasteiger partial charge is 0.194 e. The van der Waals surface area contributed by atoms with Crippen molar-refractivity contribution >= 4 is 7.85 Å². The van der Waals surface area contributed by atoms with Gasteiger partial charge in [0.05, 0.1) is 7.85 Å². The number of halogens is 3. The third-order valence-electron chi connectivity index (χ3n) is 4.47. The molecular formula is C18H16BF3. The highest BCUT2D eigenvalue weighted by atomic mass is 19.2. The van der Waals surface area contributed by atoms with Gasteiger partial charge in [-0.3, -0.25) is 0 Å². The second-order valence-electron chi connectivity index (χ2n) is 5.99. The van der Waals surface area contributed by atoms with E-state index in [0.29, 0.717) is 22.9 Å². The van der Waals surface area contributed by atoms with Gasteiger partial charge in [-0.2, -0.15) is 0 Å². The van der Waals surface area contributed by atoms with E-state index in [9.17, 15) is 13.2 Å². The van der Waals surface area contributed by atoms with Crippen LogP contribution in [0.1, 0.15) is 37.2 Å². The predicted molar refractivity (Wildman–Crippen MR) is 82.5 cm³/mol. The van der Waals surface area contributed by atoms with Gasteiger partial charge in [0, 0.05) is 0 Å². The molecule has 0 spiro atoms. The normalized spacial score (nSPS) is 21.8. The molecular weight excluding hydrogens is 284 g/mol. The summed E-state index contributed by atoms with van der Waals surface area (Å²) in [6.45, 7) is 0. The van der Waals surface area contributed by atoms with Gasteiger partial charge in [0.25, 0.3) is 0 Å². The van der Waals surface area contributed by atoms with Crippen LogP contribution in [0.5, 0.6) is 0 Å². The first-order valence-electron chi connectivity index (χ1n) is 7.55. The van der Waals surface area contributed by atoms with E-state index in [1.165, 1.54) is 5.56 Å². The predicted octanol–water partition coefficient (Wildman–Crippen LogP) is 5.39. The summed E-state index contributed by atoms with van der Waals surface area (Å²) in [5, 5.41) is 0. The molecule has 0 aliphatic heterocycles. The minimum absolute atomic E-state index is 0.306. The maximum absolute atomic E-state index is 13.3. The van der Waals surface area contributed by atoms with Crippen LogP contribution in [0.3, 0.4) is 0 Å². The molecule has 0 saturated heterocycles. The van der Waals surface area contributed by atoms with Crippen molar-refractivity contribution in [3.63, 3.8) is 0 Å². The summed E-state index contributed by atoms with van der Waals surface area (Å²) in [5.41, 5.74) is 2.24. The van der Waals surface area contributed by atoms with E-state index in [4.69, 9.17) is 7.85 Å². The average molecular weight is 300 g/mol. The first kappa shape index (κ1) is 15.2. The third kappa shape index (κ3) is 3.06. The van der Waals surface area contributed by atoms with Crippen molar-refractivity contribution in [1.29, 1.82) is 0 Å². The zero-order valence-corrected chi connectivity index (χ0v) is 12.2. The highest BCUT2D eigenvalue weighted by Gasteiger charge is 2.19. The largest absolute Gasteiger partial charge is 0.204 e. The summed E-state index contributed by atoms with van der Waals surface area (Å²) >= 11 is 0. The second-order valence-corrected chi connectivity index (χ2v) is 5.99. The number of rotatable bonds is 2. The van der Waals surface area contributed by atoms with Crippen LogP contribution in [0.15, 0.2) is 36.4 Å². The molecule has 22 heavy (non-hydrogen) atoms. The van der Waals surface area contributed by atoms with Crippen LogP contribution in [0.2, 0.25) is 5.82 Å². The molecule has 0 bridgehead atoms. The molecule has 1 aliphatic carbocycles. The quantitative estimate of drug-likeness (QED) is 0.515. The molecule has 0 aromatic heterocycles. The summed E-state index contributed by atoms with van der Waals surface area (Å²) < 4.78 is 39.6. The average Bonchev–Trinajstić information content (AvgIpc) is 2.53. The van der Waals surface area contributed by atoms with E-state index in [0.717, 1.165) is 37.8 Å². The zero-order valence-electron chi connectivity index (χ0n) is 12.2.